The van der Waals surface area contributed by atoms with Crippen molar-refractivity contribution < 1.29 is 24.2 Å². The van der Waals surface area contributed by atoms with E-state index in [1.165, 1.54) is 0 Å². The molecule has 2 fully saturated rings. The van der Waals surface area contributed by atoms with E-state index in [0.29, 0.717) is 32.4 Å². The van der Waals surface area contributed by atoms with Gasteiger partial charge < -0.3 is 20.1 Å². The van der Waals surface area contributed by atoms with Gasteiger partial charge in [0.25, 0.3) is 5.91 Å². The standard InChI is InChI=1S/C14H22N2O5/c1-2-12(17)15-9-5-7-16(8-6-9)13(18)10-3-4-11(21-10)14(19)20/h9-11H,2-8H2,1H3,(H,15,17)(H,19,20). The molecule has 2 amide bonds. The summed E-state index contributed by atoms with van der Waals surface area (Å²) in [5.74, 6) is -1.10. The van der Waals surface area contributed by atoms with Gasteiger partial charge in [0.15, 0.2) is 6.10 Å². The van der Waals surface area contributed by atoms with Crippen LogP contribution in [0, 0.1) is 0 Å². The minimum atomic E-state index is -1.01. The fourth-order valence-electron chi connectivity index (χ4n) is 2.78. The van der Waals surface area contributed by atoms with E-state index < -0.39 is 18.2 Å². The number of rotatable bonds is 4. The van der Waals surface area contributed by atoms with Gasteiger partial charge in [-0.1, -0.05) is 6.92 Å². The highest BCUT2D eigenvalue weighted by atomic mass is 16.5. The number of amides is 2. The first-order valence-corrected chi connectivity index (χ1v) is 7.47. The van der Waals surface area contributed by atoms with Crippen LogP contribution in [0.25, 0.3) is 0 Å². The lowest BCUT2D eigenvalue weighted by Crippen LogP contribution is -2.49. The number of hydrogen-bond donors (Lipinski definition) is 2. The van der Waals surface area contributed by atoms with Crippen LogP contribution in [0.5, 0.6) is 0 Å². The summed E-state index contributed by atoms with van der Waals surface area (Å²) in [6.07, 6.45) is 1.27. The molecule has 0 aliphatic carbocycles. The summed E-state index contributed by atoms with van der Waals surface area (Å²) in [6.45, 7) is 2.96. The van der Waals surface area contributed by atoms with E-state index in [0.717, 1.165) is 12.8 Å². The van der Waals surface area contributed by atoms with Gasteiger partial charge in [0.1, 0.15) is 6.10 Å². The number of piperidine rings is 1. The molecule has 0 radical (unpaired) electrons. The van der Waals surface area contributed by atoms with Crippen molar-refractivity contribution in [1.82, 2.24) is 10.2 Å². The molecule has 2 unspecified atom stereocenters. The van der Waals surface area contributed by atoms with Gasteiger partial charge >= 0.3 is 5.97 Å². The Morgan fingerprint density at radius 2 is 1.76 bits per heavy atom. The summed E-state index contributed by atoms with van der Waals surface area (Å²) >= 11 is 0. The van der Waals surface area contributed by atoms with E-state index >= 15 is 0 Å². The number of nitrogens with zero attached hydrogens (tertiary/aromatic N) is 1. The van der Waals surface area contributed by atoms with Gasteiger partial charge in [-0.2, -0.15) is 0 Å². The lowest BCUT2D eigenvalue weighted by Gasteiger charge is -2.33. The van der Waals surface area contributed by atoms with Crippen LogP contribution >= 0.6 is 0 Å². The second-order valence-corrected chi connectivity index (χ2v) is 5.55. The van der Waals surface area contributed by atoms with Crippen molar-refractivity contribution in [1.29, 1.82) is 0 Å². The molecule has 21 heavy (non-hydrogen) atoms. The lowest BCUT2D eigenvalue weighted by atomic mass is 10.0. The molecule has 2 rings (SSSR count). The number of carbonyl (C=O) groups is 3. The number of ether oxygens (including phenoxy) is 1. The van der Waals surface area contributed by atoms with Crippen LogP contribution in [0.3, 0.4) is 0 Å². The van der Waals surface area contributed by atoms with E-state index in [1.54, 1.807) is 4.90 Å². The van der Waals surface area contributed by atoms with Crippen molar-refractivity contribution in [3.05, 3.63) is 0 Å². The number of carboxylic acids is 1. The Hall–Kier alpha value is -1.63. The highest BCUT2D eigenvalue weighted by Crippen LogP contribution is 2.23. The van der Waals surface area contributed by atoms with E-state index in [1.807, 2.05) is 6.92 Å². The normalized spacial score (nSPS) is 26.6. The Bertz CT molecular complexity index is 418. The zero-order valence-corrected chi connectivity index (χ0v) is 12.2. The van der Waals surface area contributed by atoms with Crippen molar-refractivity contribution in [2.75, 3.05) is 13.1 Å². The molecule has 2 aliphatic rings. The molecular weight excluding hydrogens is 276 g/mol. The number of hydrogen-bond acceptors (Lipinski definition) is 4. The van der Waals surface area contributed by atoms with E-state index in [2.05, 4.69) is 5.32 Å². The third-order valence-electron chi connectivity index (χ3n) is 4.06. The number of carbonyl (C=O) groups excluding carboxylic acids is 2. The molecule has 7 heteroatoms. The number of likely N-dealkylation sites (tertiary alicyclic amines) is 1. The molecule has 7 nitrogen and oxygen atoms in total. The van der Waals surface area contributed by atoms with E-state index in [4.69, 9.17) is 9.84 Å². The molecule has 2 heterocycles. The van der Waals surface area contributed by atoms with Gasteiger partial charge in [0.2, 0.25) is 5.91 Å². The maximum atomic E-state index is 12.3. The Morgan fingerprint density at radius 1 is 1.14 bits per heavy atom. The van der Waals surface area contributed by atoms with Crippen LogP contribution in [-0.4, -0.2) is 59.1 Å². The summed E-state index contributed by atoms with van der Waals surface area (Å²) in [4.78, 5) is 36.2. The zero-order chi connectivity index (χ0) is 15.4. The molecule has 2 aliphatic heterocycles. The van der Waals surface area contributed by atoms with Crippen molar-refractivity contribution in [3.8, 4) is 0 Å². The number of carboxylic acid groups (broad SMARTS) is 1. The summed E-state index contributed by atoms with van der Waals surface area (Å²) in [6, 6.07) is 0.123. The van der Waals surface area contributed by atoms with Crippen molar-refractivity contribution in [3.63, 3.8) is 0 Å². The quantitative estimate of drug-likeness (QED) is 0.769. The molecule has 0 bridgehead atoms. The van der Waals surface area contributed by atoms with Crippen molar-refractivity contribution in [2.45, 2.75) is 57.3 Å². The molecular formula is C14H22N2O5. The maximum absolute atomic E-state index is 12.3. The zero-order valence-electron chi connectivity index (χ0n) is 12.2. The topological polar surface area (TPSA) is 95.9 Å². The third kappa shape index (κ3) is 3.93. The number of nitrogens with one attached hydrogen (secondary N) is 1. The molecule has 0 spiro atoms. The van der Waals surface area contributed by atoms with Crippen LogP contribution in [0.15, 0.2) is 0 Å². The van der Waals surface area contributed by atoms with Crippen LogP contribution in [0.1, 0.15) is 39.0 Å². The average molecular weight is 298 g/mol. The first-order valence-electron chi connectivity index (χ1n) is 7.47. The van der Waals surface area contributed by atoms with Crippen LogP contribution in [0.4, 0.5) is 0 Å². The second kappa shape index (κ2) is 6.89. The van der Waals surface area contributed by atoms with Crippen LogP contribution in [-0.2, 0) is 19.1 Å². The maximum Gasteiger partial charge on any atom is 0.332 e. The highest BCUT2D eigenvalue weighted by Gasteiger charge is 2.37. The van der Waals surface area contributed by atoms with Crippen LogP contribution < -0.4 is 5.32 Å². The fraction of sp³-hybridized carbons (Fsp3) is 0.786. The minimum Gasteiger partial charge on any atom is -0.479 e. The van der Waals surface area contributed by atoms with Gasteiger partial charge in [-0.05, 0) is 25.7 Å². The molecule has 0 aromatic rings. The van der Waals surface area contributed by atoms with Crippen molar-refractivity contribution in [2.24, 2.45) is 0 Å². The smallest absolute Gasteiger partial charge is 0.332 e. The summed E-state index contributed by atoms with van der Waals surface area (Å²) in [7, 11) is 0. The Balaban J connectivity index is 1.78. The fourth-order valence-corrected chi connectivity index (χ4v) is 2.78. The van der Waals surface area contributed by atoms with E-state index in [9.17, 15) is 14.4 Å². The molecule has 2 N–H and O–H groups in total. The molecule has 0 aromatic heterocycles. The average Bonchev–Trinajstić information content (AvgIpc) is 2.97. The van der Waals surface area contributed by atoms with Crippen molar-refractivity contribution >= 4 is 17.8 Å². The van der Waals surface area contributed by atoms with Gasteiger partial charge in [0, 0.05) is 25.6 Å². The predicted molar refractivity (Wildman–Crippen MR) is 73.6 cm³/mol. The first kappa shape index (κ1) is 15.8. The Labute approximate surface area is 123 Å². The van der Waals surface area contributed by atoms with E-state index in [-0.39, 0.29) is 17.9 Å². The third-order valence-corrected chi connectivity index (χ3v) is 4.06. The molecule has 2 saturated heterocycles. The first-order chi connectivity index (χ1) is 10.0. The van der Waals surface area contributed by atoms with Gasteiger partial charge in [0.05, 0.1) is 0 Å². The lowest BCUT2D eigenvalue weighted by molar-refractivity contribution is -0.155. The van der Waals surface area contributed by atoms with Gasteiger partial charge in [-0.3, -0.25) is 9.59 Å². The molecule has 2 atom stereocenters. The monoisotopic (exact) mass is 298 g/mol. The molecule has 0 saturated carbocycles. The summed E-state index contributed by atoms with van der Waals surface area (Å²) in [5, 5.41) is 11.8. The summed E-state index contributed by atoms with van der Waals surface area (Å²) in [5.41, 5.74) is 0. The molecule has 0 aromatic carbocycles. The molecule has 118 valence electrons. The largest absolute Gasteiger partial charge is 0.479 e. The summed E-state index contributed by atoms with van der Waals surface area (Å²) < 4.78 is 5.29. The minimum absolute atomic E-state index is 0.0307. The Kier molecular flexibility index (Phi) is 5.17. The second-order valence-electron chi connectivity index (χ2n) is 5.55. The predicted octanol–water partition coefficient (Wildman–Crippen LogP) is 0.136. The highest BCUT2D eigenvalue weighted by molar-refractivity contribution is 5.83. The van der Waals surface area contributed by atoms with Gasteiger partial charge in [-0.25, -0.2) is 4.79 Å². The SMILES string of the molecule is CCC(=O)NC1CCN(C(=O)C2CCC(C(=O)O)O2)CC1. The Morgan fingerprint density at radius 3 is 2.29 bits per heavy atom. The van der Waals surface area contributed by atoms with Crippen LogP contribution in [0.2, 0.25) is 0 Å². The van der Waals surface area contributed by atoms with Gasteiger partial charge in [-0.15, -0.1) is 0 Å². The number of aliphatic carboxylic acids is 1.